The van der Waals surface area contributed by atoms with E-state index in [0.29, 0.717) is 12.2 Å². The molecule has 1 rings (SSSR count). The van der Waals surface area contributed by atoms with Gasteiger partial charge in [-0.1, -0.05) is 28.1 Å². The smallest absolute Gasteiger partial charge is 0.125 e. The molecule has 0 aliphatic heterocycles. The summed E-state index contributed by atoms with van der Waals surface area (Å²) in [6.45, 7) is 3.63. The summed E-state index contributed by atoms with van der Waals surface area (Å²) in [5.41, 5.74) is 0.822. The van der Waals surface area contributed by atoms with Crippen molar-refractivity contribution < 1.29 is 9.84 Å². The van der Waals surface area contributed by atoms with Crippen LogP contribution in [0.15, 0.2) is 35.3 Å². The Kier molecular flexibility index (Phi) is 4.85. The summed E-state index contributed by atoms with van der Waals surface area (Å²) in [7, 11) is 1.60. The molecule has 0 aromatic heterocycles. The lowest BCUT2D eigenvalue weighted by Gasteiger charge is -2.14. The van der Waals surface area contributed by atoms with Gasteiger partial charge in [-0.3, -0.25) is 0 Å². The number of hydrogen-bond acceptors (Lipinski definition) is 2. The van der Waals surface area contributed by atoms with Crippen LogP contribution in [0.2, 0.25) is 0 Å². The summed E-state index contributed by atoms with van der Waals surface area (Å²) >= 11 is 3.36. The molecular weight excluding hydrogens is 256 g/mol. The van der Waals surface area contributed by atoms with Crippen molar-refractivity contribution in [2.24, 2.45) is 0 Å². The number of benzene rings is 1. The Morgan fingerprint density at radius 2 is 2.33 bits per heavy atom. The highest BCUT2D eigenvalue weighted by Crippen LogP contribution is 2.30. The fourth-order valence-electron chi connectivity index (χ4n) is 1.39. The number of hydrogen-bond donors (Lipinski definition) is 1. The van der Waals surface area contributed by atoms with Gasteiger partial charge in [-0.2, -0.15) is 0 Å². The molecule has 0 fully saturated rings. The Balaban J connectivity index is 2.86. The number of aliphatic hydroxyl groups excluding tert-OH is 1. The minimum Gasteiger partial charge on any atom is -0.496 e. The molecule has 1 aromatic carbocycles. The summed E-state index contributed by atoms with van der Waals surface area (Å²) in [5.74, 6) is 0.709. The third kappa shape index (κ3) is 3.36. The second-order valence-electron chi connectivity index (χ2n) is 3.27. The SMILES string of the molecule is C=CCCC(O)c1ccc(Br)cc1OC. The van der Waals surface area contributed by atoms with Crippen molar-refractivity contribution in [1.82, 2.24) is 0 Å². The van der Waals surface area contributed by atoms with Gasteiger partial charge in [0.2, 0.25) is 0 Å². The quantitative estimate of drug-likeness (QED) is 0.831. The van der Waals surface area contributed by atoms with Crippen LogP contribution in [0, 0.1) is 0 Å². The average molecular weight is 271 g/mol. The first-order valence-corrected chi connectivity index (χ1v) is 5.60. The number of allylic oxidation sites excluding steroid dienone is 1. The zero-order valence-corrected chi connectivity index (χ0v) is 10.3. The van der Waals surface area contributed by atoms with Crippen LogP contribution in [0.3, 0.4) is 0 Å². The molecule has 1 unspecified atom stereocenters. The van der Waals surface area contributed by atoms with E-state index in [1.165, 1.54) is 0 Å². The van der Waals surface area contributed by atoms with Crippen LogP contribution in [-0.4, -0.2) is 12.2 Å². The number of halogens is 1. The maximum Gasteiger partial charge on any atom is 0.125 e. The summed E-state index contributed by atoms with van der Waals surface area (Å²) in [6.07, 6.45) is 2.77. The van der Waals surface area contributed by atoms with Crippen molar-refractivity contribution >= 4 is 15.9 Å². The van der Waals surface area contributed by atoms with E-state index in [9.17, 15) is 5.11 Å². The molecule has 82 valence electrons. The Morgan fingerprint density at radius 3 is 2.93 bits per heavy atom. The number of rotatable bonds is 5. The third-order valence-corrected chi connectivity index (χ3v) is 2.69. The van der Waals surface area contributed by atoms with Gasteiger partial charge < -0.3 is 9.84 Å². The molecule has 0 radical (unpaired) electrons. The molecule has 0 spiro atoms. The van der Waals surface area contributed by atoms with Gasteiger partial charge >= 0.3 is 0 Å². The van der Waals surface area contributed by atoms with E-state index in [1.807, 2.05) is 18.2 Å². The zero-order valence-electron chi connectivity index (χ0n) is 8.74. The molecule has 0 saturated heterocycles. The highest BCUT2D eigenvalue weighted by atomic mass is 79.9. The lowest BCUT2D eigenvalue weighted by Crippen LogP contribution is -2.00. The highest BCUT2D eigenvalue weighted by molar-refractivity contribution is 9.10. The summed E-state index contributed by atoms with van der Waals surface area (Å²) in [6, 6.07) is 5.62. The van der Waals surface area contributed by atoms with Crippen LogP contribution >= 0.6 is 15.9 Å². The summed E-state index contributed by atoms with van der Waals surface area (Å²) < 4.78 is 6.15. The van der Waals surface area contributed by atoms with Gasteiger partial charge in [-0.25, -0.2) is 0 Å². The third-order valence-electron chi connectivity index (χ3n) is 2.20. The minimum absolute atomic E-state index is 0.494. The van der Waals surface area contributed by atoms with Crippen molar-refractivity contribution in [3.05, 3.63) is 40.9 Å². The van der Waals surface area contributed by atoms with Crippen LogP contribution in [0.25, 0.3) is 0 Å². The van der Waals surface area contributed by atoms with E-state index < -0.39 is 6.10 Å². The summed E-state index contributed by atoms with van der Waals surface area (Å²) in [5, 5.41) is 9.91. The Bertz CT molecular complexity index is 336. The fraction of sp³-hybridized carbons (Fsp3) is 0.333. The van der Waals surface area contributed by atoms with E-state index in [-0.39, 0.29) is 0 Å². The normalized spacial score (nSPS) is 12.2. The Hall–Kier alpha value is -0.800. The lowest BCUT2D eigenvalue weighted by molar-refractivity contribution is 0.164. The van der Waals surface area contributed by atoms with Crippen molar-refractivity contribution in [3.8, 4) is 5.75 Å². The van der Waals surface area contributed by atoms with Crippen molar-refractivity contribution in [2.75, 3.05) is 7.11 Å². The van der Waals surface area contributed by atoms with E-state index in [4.69, 9.17) is 4.74 Å². The maximum absolute atomic E-state index is 9.91. The molecule has 15 heavy (non-hydrogen) atoms. The average Bonchev–Trinajstić information content (AvgIpc) is 2.25. The molecule has 1 atom stereocenters. The molecule has 2 nitrogen and oxygen atoms in total. The van der Waals surface area contributed by atoms with E-state index >= 15 is 0 Å². The van der Waals surface area contributed by atoms with E-state index in [2.05, 4.69) is 22.5 Å². The minimum atomic E-state index is -0.494. The summed E-state index contributed by atoms with van der Waals surface area (Å²) in [4.78, 5) is 0. The van der Waals surface area contributed by atoms with Gasteiger partial charge in [0.05, 0.1) is 13.2 Å². The van der Waals surface area contributed by atoms with Gasteiger partial charge in [0, 0.05) is 10.0 Å². The van der Waals surface area contributed by atoms with Gasteiger partial charge in [0.25, 0.3) is 0 Å². The number of aliphatic hydroxyl groups is 1. The Labute approximate surface area is 98.7 Å². The van der Waals surface area contributed by atoms with Crippen molar-refractivity contribution in [2.45, 2.75) is 18.9 Å². The van der Waals surface area contributed by atoms with Crippen LogP contribution in [0.1, 0.15) is 24.5 Å². The number of methoxy groups -OCH3 is 1. The first-order chi connectivity index (χ1) is 7.19. The predicted molar refractivity (Wildman–Crippen MR) is 65.1 cm³/mol. The molecule has 0 amide bonds. The second kappa shape index (κ2) is 5.93. The van der Waals surface area contributed by atoms with Crippen LogP contribution in [-0.2, 0) is 0 Å². The standard InChI is InChI=1S/C12H15BrO2/c1-3-4-5-11(14)10-7-6-9(13)8-12(10)15-2/h3,6-8,11,14H,1,4-5H2,2H3. The van der Waals surface area contributed by atoms with E-state index in [1.54, 1.807) is 13.2 Å². The van der Waals surface area contributed by atoms with Gasteiger partial charge in [-0.15, -0.1) is 6.58 Å². The Morgan fingerprint density at radius 1 is 1.60 bits per heavy atom. The van der Waals surface area contributed by atoms with Gasteiger partial charge in [0.15, 0.2) is 0 Å². The molecule has 0 heterocycles. The van der Waals surface area contributed by atoms with Crippen molar-refractivity contribution in [3.63, 3.8) is 0 Å². The van der Waals surface area contributed by atoms with E-state index in [0.717, 1.165) is 16.5 Å². The molecule has 0 aliphatic rings. The van der Waals surface area contributed by atoms with Crippen LogP contribution in [0.4, 0.5) is 0 Å². The first kappa shape index (κ1) is 12.3. The molecule has 0 bridgehead atoms. The topological polar surface area (TPSA) is 29.5 Å². The molecule has 0 aliphatic carbocycles. The highest BCUT2D eigenvalue weighted by Gasteiger charge is 2.12. The maximum atomic E-state index is 9.91. The first-order valence-electron chi connectivity index (χ1n) is 4.81. The van der Waals surface area contributed by atoms with Gasteiger partial charge in [-0.05, 0) is 25.0 Å². The molecular formula is C12H15BrO2. The van der Waals surface area contributed by atoms with Gasteiger partial charge in [0.1, 0.15) is 5.75 Å². The second-order valence-corrected chi connectivity index (χ2v) is 4.18. The molecule has 1 aromatic rings. The monoisotopic (exact) mass is 270 g/mol. The number of ether oxygens (including phenoxy) is 1. The fourth-order valence-corrected chi connectivity index (χ4v) is 1.73. The van der Waals surface area contributed by atoms with Crippen molar-refractivity contribution in [1.29, 1.82) is 0 Å². The molecule has 3 heteroatoms. The predicted octanol–water partition coefficient (Wildman–Crippen LogP) is 3.46. The largest absolute Gasteiger partial charge is 0.496 e. The lowest BCUT2D eigenvalue weighted by atomic mass is 10.0. The zero-order chi connectivity index (χ0) is 11.3. The van der Waals surface area contributed by atoms with Crippen LogP contribution in [0.5, 0.6) is 5.75 Å². The molecule has 1 N–H and O–H groups in total. The molecule has 0 saturated carbocycles. The van der Waals surface area contributed by atoms with Crippen LogP contribution < -0.4 is 4.74 Å².